The van der Waals surface area contributed by atoms with E-state index in [0.717, 1.165) is 12.1 Å². The van der Waals surface area contributed by atoms with Crippen LogP contribution in [-0.2, 0) is 10.0 Å². The molecule has 0 radical (unpaired) electrons. The molecule has 0 amide bonds. The zero-order valence-corrected chi connectivity index (χ0v) is 11.9. The molecule has 0 fully saturated rings. The molecular formula is C12H18F2N2O2S. The van der Waals surface area contributed by atoms with Gasteiger partial charge in [0.05, 0.1) is 0 Å². The summed E-state index contributed by atoms with van der Waals surface area (Å²) in [4.78, 5) is -0.760. The normalized spacial score (nSPS) is 13.8. The number of rotatable bonds is 5. The Hall–Kier alpha value is -1.21. The van der Waals surface area contributed by atoms with Crippen LogP contribution in [0.1, 0.15) is 27.2 Å². The van der Waals surface area contributed by atoms with Crippen LogP contribution < -0.4 is 10.5 Å². The maximum atomic E-state index is 13.6. The Morgan fingerprint density at radius 1 is 1.32 bits per heavy atom. The van der Waals surface area contributed by atoms with Crippen LogP contribution in [0.2, 0.25) is 0 Å². The minimum Gasteiger partial charge on any atom is -0.399 e. The van der Waals surface area contributed by atoms with Gasteiger partial charge in [-0.2, -0.15) is 0 Å². The highest BCUT2D eigenvalue weighted by atomic mass is 32.2. The predicted molar refractivity (Wildman–Crippen MR) is 70.0 cm³/mol. The molecule has 4 nitrogen and oxygen atoms in total. The van der Waals surface area contributed by atoms with Crippen LogP contribution in [0, 0.1) is 17.6 Å². The van der Waals surface area contributed by atoms with Crippen molar-refractivity contribution in [1.29, 1.82) is 0 Å². The second-order valence-corrected chi connectivity index (χ2v) is 6.38. The molecule has 1 atom stereocenters. The van der Waals surface area contributed by atoms with E-state index in [1.165, 1.54) is 0 Å². The zero-order valence-electron chi connectivity index (χ0n) is 11.1. The lowest BCUT2D eigenvalue weighted by atomic mass is 10.0. The lowest BCUT2D eigenvalue weighted by Gasteiger charge is -2.20. The lowest BCUT2D eigenvalue weighted by molar-refractivity contribution is 0.433. The minimum atomic E-state index is -4.14. The van der Waals surface area contributed by atoms with Gasteiger partial charge in [-0.15, -0.1) is 0 Å². The van der Waals surface area contributed by atoms with Gasteiger partial charge in [0.1, 0.15) is 4.90 Å². The van der Waals surface area contributed by atoms with Crippen LogP contribution in [0.25, 0.3) is 0 Å². The second kappa shape index (κ2) is 5.83. The molecule has 0 saturated heterocycles. The van der Waals surface area contributed by atoms with Gasteiger partial charge in [0.15, 0.2) is 11.6 Å². The van der Waals surface area contributed by atoms with Crippen molar-refractivity contribution in [1.82, 2.24) is 4.72 Å². The van der Waals surface area contributed by atoms with E-state index in [2.05, 4.69) is 4.72 Å². The molecule has 1 rings (SSSR count). The van der Waals surface area contributed by atoms with Gasteiger partial charge in [0.2, 0.25) is 10.0 Å². The molecule has 0 aliphatic rings. The average Bonchev–Trinajstić information content (AvgIpc) is 2.30. The maximum absolute atomic E-state index is 13.6. The Bertz CT molecular complexity index is 559. The third-order valence-corrected chi connectivity index (χ3v) is 4.35. The largest absolute Gasteiger partial charge is 0.399 e. The Morgan fingerprint density at radius 2 is 1.89 bits per heavy atom. The van der Waals surface area contributed by atoms with Crippen LogP contribution in [0.15, 0.2) is 17.0 Å². The van der Waals surface area contributed by atoms with E-state index < -0.39 is 26.6 Å². The number of nitrogens with two attached hydrogens (primary N) is 1. The highest BCUT2D eigenvalue weighted by Gasteiger charge is 2.26. The molecule has 108 valence electrons. The monoisotopic (exact) mass is 292 g/mol. The summed E-state index contributed by atoms with van der Waals surface area (Å²) in [6.45, 7) is 5.49. The SMILES string of the molecule is CCC(NS(=O)(=O)c1cc(N)cc(F)c1F)C(C)C. The van der Waals surface area contributed by atoms with Crippen molar-refractivity contribution < 1.29 is 17.2 Å². The average molecular weight is 292 g/mol. The number of halogens is 2. The first kappa shape index (κ1) is 15.8. The van der Waals surface area contributed by atoms with Crippen LogP contribution in [0.4, 0.5) is 14.5 Å². The van der Waals surface area contributed by atoms with Gasteiger partial charge in [-0.3, -0.25) is 0 Å². The molecule has 1 unspecified atom stereocenters. The second-order valence-electron chi connectivity index (χ2n) is 4.69. The molecule has 3 N–H and O–H groups in total. The smallest absolute Gasteiger partial charge is 0.243 e. The molecule has 0 spiro atoms. The number of nitrogens with one attached hydrogen (secondary N) is 1. The highest BCUT2D eigenvalue weighted by molar-refractivity contribution is 7.89. The third-order valence-electron chi connectivity index (χ3n) is 2.86. The van der Waals surface area contributed by atoms with E-state index in [1.807, 2.05) is 20.8 Å². The quantitative estimate of drug-likeness (QED) is 0.818. The molecule has 0 aliphatic carbocycles. The standard InChI is InChI=1S/C12H18F2N2O2S/c1-4-10(7(2)3)16-19(17,18)11-6-8(15)5-9(13)12(11)14/h5-7,10,16H,4,15H2,1-3H3. The molecule has 1 aromatic carbocycles. The van der Waals surface area contributed by atoms with Crippen molar-refractivity contribution in [3.63, 3.8) is 0 Å². The summed E-state index contributed by atoms with van der Waals surface area (Å²) < 4.78 is 53.3. The van der Waals surface area contributed by atoms with E-state index >= 15 is 0 Å². The van der Waals surface area contributed by atoms with Crippen molar-refractivity contribution in [2.45, 2.75) is 38.1 Å². The first-order valence-electron chi connectivity index (χ1n) is 5.95. The molecule has 0 bridgehead atoms. The van der Waals surface area contributed by atoms with E-state index in [9.17, 15) is 17.2 Å². The van der Waals surface area contributed by atoms with Gasteiger partial charge in [0, 0.05) is 11.7 Å². The Balaban J connectivity index is 3.21. The van der Waals surface area contributed by atoms with Crippen molar-refractivity contribution >= 4 is 15.7 Å². The highest BCUT2D eigenvalue weighted by Crippen LogP contribution is 2.22. The summed E-state index contributed by atoms with van der Waals surface area (Å²) in [7, 11) is -4.14. The summed E-state index contributed by atoms with van der Waals surface area (Å²) in [5, 5.41) is 0. The van der Waals surface area contributed by atoms with Crippen molar-refractivity contribution in [3.05, 3.63) is 23.8 Å². The fourth-order valence-electron chi connectivity index (χ4n) is 1.73. The van der Waals surface area contributed by atoms with Crippen molar-refractivity contribution in [2.24, 2.45) is 5.92 Å². The molecule has 0 saturated carbocycles. The van der Waals surface area contributed by atoms with Gasteiger partial charge >= 0.3 is 0 Å². The summed E-state index contributed by atoms with van der Waals surface area (Å²) in [6.07, 6.45) is 0.545. The Kier molecular flexibility index (Phi) is 4.86. The van der Waals surface area contributed by atoms with Gasteiger partial charge in [0.25, 0.3) is 0 Å². The zero-order chi connectivity index (χ0) is 14.8. The number of sulfonamides is 1. The van der Waals surface area contributed by atoms with E-state index in [0.29, 0.717) is 6.42 Å². The van der Waals surface area contributed by atoms with Crippen LogP contribution in [0.3, 0.4) is 0 Å². The molecule has 1 aromatic rings. The fraction of sp³-hybridized carbons (Fsp3) is 0.500. The first-order chi connectivity index (χ1) is 8.69. The Labute approximate surface area is 112 Å². The minimum absolute atomic E-state index is 0.0359. The number of nitrogen functional groups attached to an aromatic ring is 1. The topological polar surface area (TPSA) is 72.2 Å². The molecule has 0 heterocycles. The number of anilines is 1. The summed E-state index contributed by atoms with van der Waals surface area (Å²) in [5.74, 6) is -2.66. The van der Waals surface area contributed by atoms with Gasteiger partial charge in [-0.05, 0) is 24.5 Å². The molecule has 0 aliphatic heterocycles. The van der Waals surface area contributed by atoms with E-state index in [-0.39, 0.29) is 17.6 Å². The van der Waals surface area contributed by atoms with Gasteiger partial charge in [-0.25, -0.2) is 21.9 Å². The van der Waals surface area contributed by atoms with Crippen LogP contribution in [0.5, 0.6) is 0 Å². The lowest BCUT2D eigenvalue weighted by Crippen LogP contribution is -2.38. The van der Waals surface area contributed by atoms with E-state index in [4.69, 9.17) is 5.73 Å². The molecular weight excluding hydrogens is 274 g/mol. The first-order valence-corrected chi connectivity index (χ1v) is 7.44. The number of hydrogen-bond donors (Lipinski definition) is 2. The molecule has 0 aromatic heterocycles. The summed E-state index contributed by atoms with van der Waals surface area (Å²) in [6, 6.07) is 1.30. The van der Waals surface area contributed by atoms with Crippen molar-refractivity contribution in [2.75, 3.05) is 5.73 Å². The van der Waals surface area contributed by atoms with Gasteiger partial charge in [-0.1, -0.05) is 20.8 Å². The summed E-state index contributed by atoms with van der Waals surface area (Å²) >= 11 is 0. The Morgan fingerprint density at radius 3 is 2.37 bits per heavy atom. The predicted octanol–water partition coefficient (Wildman–Crippen LogP) is 2.26. The van der Waals surface area contributed by atoms with Gasteiger partial charge < -0.3 is 5.73 Å². The molecule has 7 heteroatoms. The fourth-order valence-corrected chi connectivity index (χ4v) is 3.32. The third kappa shape index (κ3) is 3.63. The van der Waals surface area contributed by atoms with E-state index in [1.54, 1.807) is 0 Å². The number of hydrogen-bond acceptors (Lipinski definition) is 3. The van der Waals surface area contributed by atoms with Crippen LogP contribution in [-0.4, -0.2) is 14.5 Å². The van der Waals surface area contributed by atoms with Crippen molar-refractivity contribution in [3.8, 4) is 0 Å². The maximum Gasteiger partial charge on any atom is 0.243 e. The summed E-state index contributed by atoms with van der Waals surface area (Å²) in [5.41, 5.74) is 5.21. The van der Waals surface area contributed by atoms with Crippen LogP contribution >= 0.6 is 0 Å². The molecule has 19 heavy (non-hydrogen) atoms. The number of benzene rings is 1.